The molecule has 0 fully saturated rings. The van der Waals surface area contributed by atoms with Crippen LogP contribution in [0.15, 0.2) is 63.1 Å². The molecule has 26 heavy (non-hydrogen) atoms. The van der Waals surface area contributed by atoms with E-state index in [0.29, 0.717) is 30.3 Å². The minimum atomic E-state index is -0.380. The standard InChI is InChI=1S/C19H18Br2N2O3/c1-3-9-26-18-8-6-15(21)11-16(18)19(24)23-22-12-13-10-14(20)5-7-17(13)25-4-2/h3,5-8,10-12H,1,4,9H2,2H3,(H,23,24)/b22-12-. The molecule has 0 spiro atoms. The number of carbonyl (C=O) groups is 1. The number of ether oxygens (including phenoxy) is 2. The molecule has 0 aromatic heterocycles. The molecule has 2 aromatic rings. The molecule has 7 heteroatoms. The molecule has 0 unspecified atom stereocenters. The first-order valence-corrected chi connectivity index (χ1v) is 9.42. The summed E-state index contributed by atoms with van der Waals surface area (Å²) in [6, 6.07) is 10.8. The molecule has 1 amide bonds. The van der Waals surface area contributed by atoms with Gasteiger partial charge in [0.25, 0.3) is 5.91 Å². The summed E-state index contributed by atoms with van der Waals surface area (Å²) in [6.07, 6.45) is 3.15. The van der Waals surface area contributed by atoms with Crippen LogP contribution in [0.3, 0.4) is 0 Å². The first-order valence-electron chi connectivity index (χ1n) is 7.84. The number of amides is 1. The monoisotopic (exact) mass is 480 g/mol. The third-order valence-corrected chi connectivity index (χ3v) is 4.17. The van der Waals surface area contributed by atoms with Gasteiger partial charge < -0.3 is 9.47 Å². The molecule has 5 nitrogen and oxygen atoms in total. The van der Waals surface area contributed by atoms with Gasteiger partial charge in [-0.3, -0.25) is 4.79 Å². The van der Waals surface area contributed by atoms with Crippen LogP contribution in [0.25, 0.3) is 0 Å². The lowest BCUT2D eigenvalue weighted by Gasteiger charge is -2.10. The van der Waals surface area contributed by atoms with E-state index in [4.69, 9.17) is 9.47 Å². The average Bonchev–Trinajstić information content (AvgIpc) is 2.62. The average molecular weight is 482 g/mol. The zero-order valence-corrected chi connectivity index (χ0v) is 17.3. The molecule has 0 saturated heterocycles. The van der Waals surface area contributed by atoms with Crippen molar-refractivity contribution in [2.24, 2.45) is 5.10 Å². The van der Waals surface area contributed by atoms with E-state index in [9.17, 15) is 4.79 Å². The van der Waals surface area contributed by atoms with Gasteiger partial charge in [-0.05, 0) is 43.3 Å². The summed E-state index contributed by atoms with van der Waals surface area (Å²) >= 11 is 6.77. The summed E-state index contributed by atoms with van der Waals surface area (Å²) in [6.45, 7) is 6.36. The van der Waals surface area contributed by atoms with Crippen LogP contribution >= 0.6 is 31.9 Å². The maximum atomic E-state index is 12.5. The highest BCUT2D eigenvalue weighted by Gasteiger charge is 2.13. The quantitative estimate of drug-likeness (QED) is 0.330. The summed E-state index contributed by atoms with van der Waals surface area (Å²) < 4.78 is 12.7. The van der Waals surface area contributed by atoms with Crippen molar-refractivity contribution in [3.63, 3.8) is 0 Å². The number of hydrazone groups is 1. The Bertz CT molecular complexity index is 822. The van der Waals surface area contributed by atoms with Gasteiger partial charge in [0.05, 0.1) is 18.4 Å². The molecule has 0 heterocycles. The molecule has 0 atom stereocenters. The normalized spacial score (nSPS) is 10.6. The minimum Gasteiger partial charge on any atom is -0.493 e. The fourth-order valence-corrected chi connectivity index (χ4v) is 2.82. The maximum Gasteiger partial charge on any atom is 0.275 e. The van der Waals surface area contributed by atoms with E-state index in [1.807, 2.05) is 25.1 Å². The zero-order valence-electron chi connectivity index (χ0n) is 14.2. The number of halogens is 2. The van der Waals surface area contributed by atoms with Crippen LogP contribution in [0.5, 0.6) is 11.5 Å². The number of nitrogens with zero attached hydrogens (tertiary/aromatic N) is 1. The van der Waals surface area contributed by atoms with Gasteiger partial charge in [-0.25, -0.2) is 5.43 Å². The Morgan fingerprint density at radius 2 is 1.85 bits per heavy atom. The molecular formula is C19H18Br2N2O3. The van der Waals surface area contributed by atoms with E-state index in [0.717, 1.165) is 14.5 Å². The van der Waals surface area contributed by atoms with Crippen molar-refractivity contribution in [2.45, 2.75) is 6.92 Å². The van der Waals surface area contributed by atoms with Gasteiger partial charge >= 0.3 is 0 Å². The Morgan fingerprint density at radius 1 is 1.15 bits per heavy atom. The zero-order chi connectivity index (χ0) is 18.9. The summed E-state index contributed by atoms with van der Waals surface area (Å²) in [5.41, 5.74) is 3.64. The molecule has 2 aromatic carbocycles. The second-order valence-electron chi connectivity index (χ2n) is 5.05. The van der Waals surface area contributed by atoms with Crippen LogP contribution in [0, 0.1) is 0 Å². The van der Waals surface area contributed by atoms with Gasteiger partial charge in [-0.15, -0.1) is 0 Å². The van der Waals surface area contributed by atoms with Crippen LogP contribution in [-0.4, -0.2) is 25.3 Å². The van der Waals surface area contributed by atoms with Crippen molar-refractivity contribution in [3.05, 3.63) is 69.1 Å². The smallest absolute Gasteiger partial charge is 0.275 e. The van der Waals surface area contributed by atoms with Gasteiger partial charge in [0.15, 0.2) is 0 Å². The van der Waals surface area contributed by atoms with Crippen LogP contribution in [0.1, 0.15) is 22.8 Å². The number of hydrogen-bond donors (Lipinski definition) is 1. The molecule has 136 valence electrons. The van der Waals surface area contributed by atoms with Crippen molar-refractivity contribution >= 4 is 44.0 Å². The first kappa shape index (κ1) is 20.2. The number of rotatable bonds is 8. The van der Waals surface area contributed by atoms with Gasteiger partial charge in [0, 0.05) is 14.5 Å². The van der Waals surface area contributed by atoms with Crippen LogP contribution in [0.4, 0.5) is 0 Å². The fourth-order valence-electron chi connectivity index (χ4n) is 2.08. The van der Waals surface area contributed by atoms with Crippen LogP contribution in [-0.2, 0) is 0 Å². The molecule has 0 aliphatic carbocycles. The minimum absolute atomic E-state index is 0.306. The maximum absolute atomic E-state index is 12.5. The molecule has 2 rings (SSSR count). The van der Waals surface area contributed by atoms with Gasteiger partial charge in [-0.2, -0.15) is 5.10 Å². The molecule has 0 radical (unpaired) electrons. The van der Waals surface area contributed by atoms with Crippen molar-refractivity contribution in [1.29, 1.82) is 0 Å². The van der Waals surface area contributed by atoms with Crippen molar-refractivity contribution in [3.8, 4) is 11.5 Å². The van der Waals surface area contributed by atoms with Crippen LogP contribution < -0.4 is 14.9 Å². The predicted molar refractivity (Wildman–Crippen MR) is 110 cm³/mol. The van der Waals surface area contributed by atoms with E-state index in [-0.39, 0.29) is 5.91 Å². The van der Waals surface area contributed by atoms with E-state index in [2.05, 4.69) is 49.0 Å². The molecular weight excluding hydrogens is 464 g/mol. The highest BCUT2D eigenvalue weighted by atomic mass is 79.9. The predicted octanol–water partition coefficient (Wildman–Crippen LogP) is 4.94. The highest BCUT2D eigenvalue weighted by Crippen LogP contribution is 2.24. The third kappa shape index (κ3) is 5.71. The second kappa shape index (κ2) is 10.1. The lowest BCUT2D eigenvalue weighted by molar-refractivity contribution is 0.0951. The third-order valence-electron chi connectivity index (χ3n) is 3.18. The van der Waals surface area contributed by atoms with Crippen molar-refractivity contribution < 1.29 is 14.3 Å². The summed E-state index contributed by atoms with van der Waals surface area (Å²) in [5.74, 6) is 0.763. The lowest BCUT2D eigenvalue weighted by atomic mass is 10.2. The Labute approximate surface area is 169 Å². The lowest BCUT2D eigenvalue weighted by Crippen LogP contribution is -2.19. The van der Waals surface area contributed by atoms with E-state index in [1.54, 1.807) is 24.3 Å². The van der Waals surface area contributed by atoms with E-state index >= 15 is 0 Å². The van der Waals surface area contributed by atoms with Crippen molar-refractivity contribution in [1.82, 2.24) is 5.43 Å². The topological polar surface area (TPSA) is 59.9 Å². The van der Waals surface area contributed by atoms with E-state index < -0.39 is 0 Å². The molecule has 1 N–H and O–H groups in total. The first-order chi connectivity index (χ1) is 12.5. The largest absolute Gasteiger partial charge is 0.493 e. The molecule has 0 bridgehead atoms. The van der Waals surface area contributed by atoms with Gasteiger partial charge in [0.1, 0.15) is 18.1 Å². The number of benzene rings is 2. The van der Waals surface area contributed by atoms with E-state index in [1.165, 1.54) is 6.21 Å². The number of carbonyl (C=O) groups excluding carboxylic acids is 1. The van der Waals surface area contributed by atoms with Gasteiger partial charge in [-0.1, -0.05) is 44.5 Å². The Balaban J connectivity index is 2.16. The Kier molecular flexibility index (Phi) is 7.87. The SMILES string of the molecule is C=CCOc1ccc(Br)cc1C(=O)N/N=C\c1cc(Br)ccc1OCC. The van der Waals surface area contributed by atoms with Crippen molar-refractivity contribution in [2.75, 3.05) is 13.2 Å². The second-order valence-corrected chi connectivity index (χ2v) is 6.89. The number of nitrogens with one attached hydrogen (secondary N) is 1. The Morgan fingerprint density at radius 3 is 2.54 bits per heavy atom. The molecule has 0 aliphatic rings. The number of hydrogen-bond acceptors (Lipinski definition) is 4. The molecule has 0 saturated carbocycles. The molecule has 0 aliphatic heterocycles. The summed E-state index contributed by atoms with van der Waals surface area (Å²) in [7, 11) is 0. The van der Waals surface area contributed by atoms with Gasteiger partial charge in [0.2, 0.25) is 0 Å². The Hall–Kier alpha value is -2.12. The fraction of sp³-hybridized carbons (Fsp3) is 0.158. The summed E-state index contributed by atoms with van der Waals surface area (Å²) in [4.78, 5) is 12.5. The summed E-state index contributed by atoms with van der Waals surface area (Å²) in [5, 5.41) is 4.04. The highest BCUT2D eigenvalue weighted by molar-refractivity contribution is 9.10. The van der Waals surface area contributed by atoms with Crippen LogP contribution in [0.2, 0.25) is 0 Å².